The van der Waals surface area contributed by atoms with Crippen molar-refractivity contribution in [3.05, 3.63) is 40.6 Å². The molecule has 3 rings (SSSR count). The van der Waals surface area contributed by atoms with Gasteiger partial charge in [0.1, 0.15) is 11.6 Å². The highest BCUT2D eigenvalue weighted by molar-refractivity contribution is 5.89. The highest BCUT2D eigenvalue weighted by atomic mass is 19.4. The largest absolute Gasteiger partial charge is 0.573 e. The number of aromatic nitrogens is 3. The molecule has 0 saturated heterocycles. The minimum Gasteiger partial charge on any atom is -0.406 e. The number of halogens is 3. The third-order valence-electron chi connectivity index (χ3n) is 4.18. The molecule has 0 saturated carbocycles. The fourth-order valence-corrected chi connectivity index (χ4v) is 2.93. The molecule has 0 fully saturated rings. The van der Waals surface area contributed by atoms with Crippen LogP contribution >= 0.6 is 0 Å². The Labute approximate surface area is 151 Å². The molecule has 1 aromatic carbocycles. The van der Waals surface area contributed by atoms with Crippen molar-refractivity contribution in [1.29, 1.82) is 0 Å². The summed E-state index contributed by atoms with van der Waals surface area (Å²) in [6, 6.07) is 4.23. The van der Waals surface area contributed by atoms with Crippen LogP contribution in [0.5, 0.6) is 5.75 Å². The van der Waals surface area contributed by atoms with E-state index in [9.17, 15) is 22.8 Å². The molecule has 2 aromatic rings. The second-order valence-electron chi connectivity index (χ2n) is 6.17. The van der Waals surface area contributed by atoms with E-state index in [-0.39, 0.29) is 17.5 Å². The summed E-state index contributed by atoms with van der Waals surface area (Å²) in [7, 11) is 1.60. The predicted molar refractivity (Wildman–Crippen MR) is 89.5 cm³/mol. The Balaban J connectivity index is 1.53. The van der Waals surface area contributed by atoms with Crippen molar-refractivity contribution >= 4 is 11.7 Å². The summed E-state index contributed by atoms with van der Waals surface area (Å²) in [6.07, 6.45) is -3.00. The van der Waals surface area contributed by atoms with Gasteiger partial charge in [0.15, 0.2) is 0 Å². The summed E-state index contributed by atoms with van der Waals surface area (Å²) in [5.74, 6) is 0.320. The molecule has 0 spiro atoms. The number of nitrogens with one attached hydrogen (secondary N) is 2. The van der Waals surface area contributed by atoms with Crippen LogP contribution in [-0.2, 0) is 20.0 Å². The normalized spacial score (nSPS) is 17.0. The topological polar surface area (TPSA) is 90.2 Å². The molecule has 1 atom stereocenters. The summed E-state index contributed by atoms with van der Waals surface area (Å²) < 4.78 is 43.1. The minimum atomic E-state index is -4.76. The zero-order chi connectivity index (χ0) is 19.6. The molecule has 2 heterocycles. The smallest absolute Gasteiger partial charge is 0.406 e. The monoisotopic (exact) mass is 385 g/mol. The summed E-state index contributed by atoms with van der Waals surface area (Å²) in [6.45, 7) is 0.455. The first-order chi connectivity index (χ1) is 12.7. The van der Waals surface area contributed by atoms with E-state index in [1.807, 2.05) is 0 Å². The number of carbonyl (C=O) groups excluding carboxylic acids is 1. The molecule has 11 heteroatoms. The second-order valence-corrected chi connectivity index (χ2v) is 6.17. The van der Waals surface area contributed by atoms with Crippen molar-refractivity contribution < 1.29 is 22.7 Å². The fraction of sp³-hybridized carbons (Fsp3) is 0.438. The van der Waals surface area contributed by atoms with Crippen LogP contribution in [0, 0.1) is 0 Å². The maximum absolute atomic E-state index is 12.1. The standard InChI is InChI=1S/C16H18F3N5O3/c1-23-15(26)24-9-8-11(4-7-13(24)22-23)21-14(25)20-10-2-5-12(6-3-10)27-16(17,18)19/h2-3,5-6,11H,4,7-9H2,1H3,(H2,20,21,25). The van der Waals surface area contributed by atoms with Crippen LogP contribution in [0.1, 0.15) is 18.7 Å². The van der Waals surface area contributed by atoms with Crippen LogP contribution in [0.3, 0.4) is 0 Å². The van der Waals surface area contributed by atoms with E-state index in [0.717, 1.165) is 12.1 Å². The number of nitrogens with zero attached hydrogens (tertiary/aromatic N) is 3. The van der Waals surface area contributed by atoms with Crippen LogP contribution < -0.4 is 21.1 Å². The third-order valence-corrected chi connectivity index (χ3v) is 4.18. The maximum atomic E-state index is 12.1. The summed E-state index contributed by atoms with van der Waals surface area (Å²) in [5.41, 5.74) is 0.147. The molecule has 2 amide bonds. The number of fused-ring (bicyclic) bond motifs is 1. The molecule has 1 aliphatic heterocycles. The Morgan fingerprint density at radius 2 is 1.96 bits per heavy atom. The Kier molecular flexibility index (Phi) is 5.10. The average Bonchev–Trinajstić information content (AvgIpc) is 2.73. The molecule has 1 aliphatic rings. The lowest BCUT2D eigenvalue weighted by Gasteiger charge is -2.17. The number of amides is 2. The first-order valence-corrected chi connectivity index (χ1v) is 8.27. The van der Waals surface area contributed by atoms with Gasteiger partial charge in [-0.15, -0.1) is 13.2 Å². The first-order valence-electron chi connectivity index (χ1n) is 8.27. The molecule has 2 N–H and O–H groups in total. The summed E-state index contributed by atoms with van der Waals surface area (Å²) in [4.78, 5) is 24.1. The van der Waals surface area contributed by atoms with Crippen LogP contribution in [0.2, 0.25) is 0 Å². The molecule has 146 valence electrons. The average molecular weight is 385 g/mol. The van der Waals surface area contributed by atoms with Gasteiger partial charge in [-0.3, -0.25) is 4.57 Å². The van der Waals surface area contributed by atoms with E-state index in [4.69, 9.17) is 0 Å². The van der Waals surface area contributed by atoms with Gasteiger partial charge in [-0.1, -0.05) is 0 Å². The number of alkyl halides is 3. The van der Waals surface area contributed by atoms with Gasteiger partial charge in [-0.25, -0.2) is 14.3 Å². The van der Waals surface area contributed by atoms with E-state index in [1.54, 1.807) is 11.6 Å². The maximum Gasteiger partial charge on any atom is 0.573 e. The number of aryl methyl sites for hydroxylation is 2. The van der Waals surface area contributed by atoms with E-state index < -0.39 is 12.4 Å². The van der Waals surface area contributed by atoms with E-state index in [2.05, 4.69) is 20.5 Å². The number of anilines is 1. The third kappa shape index (κ3) is 4.80. The van der Waals surface area contributed by atoms with Gasteiger partial charge in [0.2, 0.25) is 0 Å². The molecule has 1 unspecified atom stereocenters. The molecule has 0 radical (unpaired) electrons. The molecule has 0 aliphatic carbocycles. The highest BCUT2D eigenvalue weighted by Gasteiger charge is 2.31. The first kappa shape index (κ1) is 18.8. The van der Waals surface area contributed by atoms with Crippen LogP contribution in [0.25, 0.3) is 0 Å². The molecular weight excluding hydrogens is 367 g/mol. The zero-order valence-corrected chi connectivity index (χ0v) is 14.4. The SMILES string of the molecule is Cn1nc2n(c1=O)CCC(NC(=O)Nc1ccc(OC(F)(F)F)cc1)CC2. The molecular formula is C16H18F3N5O3. The number of urea groups is 1. The highest BCUT2D eigenvalue weighted by Crippen LogP contribution is 2.24. The van der Waals surface area contributed by atoms with E-state index in [0.29, 0.717) is 37.3 Å². The number of ether oxygens (including phenoxy) is 1. The number of carbonyl (C=O) groups is 1. The second kappa shape index (κ2) is 7.33. The van der Waals surface area contributed by atoms with Gasteiger partial charge < -0.3 is 15.4 Å². The summed E-state index contributed by atoms with van der Waals surface area (Å²) in [5, 5.41) is 9.54. The zero-order valence-electron chi connectivity index (χ0n) is 14.4. The molecule has 27 heavy (non-hydrogen) atoms. The Morgan fingerprint density at radius 3 is 2.63 bits per heavy atom. The Hall–Kier alpha value is -2.98. The Bertz CT molecular complexity index is 873. The van der Waals surface area contributed by atoms with Gasteiger partial charge in [0.05, 0.1) is 0 Å². The lowest BCUT2D eigenvalue weighted by molar-refractivity contribution is -0.274. The van der Waals surface area contributed by atoms with Crippen molar-refractivity contribution in [2.45, 2.75) is 38.2 Å². The number of benzene rings is 1. The van der Waals surface area contributed by atoms with Crippen molar-refractivity contribution in [3.8, 4) is 5.75 Å². The van der Waals surface area contributed by atoms with Gasteiger partial charge in [0, 0.05) is 31.7 Å². The van der Waals surface area contributed by atoms with E-state index in [1.165, 1.54) is 16.8 Å². The van der Waals surface area contributed by atoms with Crippen LogP contribution in [0.4, 0.5) is 23.7 Å². The molecule has 1 aromatic heterocycles. The van der Waals surface area contributed by atoms with Crippen LogP contribution in [0.15, 0.2) is 29.1 Å². The lowest BCUT2D eigenvalue weighted by Crippen LogP contribution is -2.38. The predicted octanol–water partition coefficient (Wildman–Crippen LogP) is 2.01. The number of hydrogen-bond donors (Lipinski definition) is 2. The van der Waals surface area contributed by atoms with Gasteiger partial charge >= 0.3 is 18.1 Å². The van der Waals surface area contributed by atoms with Gasteiger partial charge in [0.25, 0.3) is 0 Å². The van der Waals surface area contributed by atoms with Crippen LogP contribution in [-0.4, -0.2) is 32.8 Å². The quantitative estimate of drug-likeness (QED) is 0.846. The van der Waals surface area contributed by atoms with Crippen molar-refractivity contribution in [2.75, 3.05) is 5.32 Å². The fourth-order valence-electron chi connectivity index (χ4n) is 2.93. The van der Waals surface area contributed by atoms with Crippen molar-refractivity contribution in [2.24, 2.45) is 7.05 Å². The van der Waals surface area contributed by atoms with Gasteiger partial charge in [-0.2, -0.15) is 5.10 Å². The van der Waals surface area contributed by atoms with Gasteiger partial charge in [-0.05, 0) is 37.1 Å². The molecule has 0 bridgehead atoms. The number of rotatable bonds is 3. The Morgan fingerprint density at radius 1 is 1.26 bits per heavy atom. The summed E-state index contributed by atoms with van der Waals surface area (Å²) >= 11 is 0. The lowest BCUT2D eigenvalue weighted by atomic mass is 10.1. The minimum absolute atomic E-state index is 0.149. The van der Waals surface area contributed by atoms with Crippen molar-refractivity contribution in [1.82, 2.24) is 19.7 Å². The van der Waals surface area contributed by atoms with Crippen molar-refractivity contribution in [3.63, 3.8) is 0 Å². The van der Waals surface area contributed by atoms with E-state index >= 15 is 0 Å². The molecule has 8 nitrogen and oxygen atoms in total. The number of hydrogen-bond acceptors (Lipinski definition) is 4.